The second-order valence-corrected chi connectivity index (χ2v) is 7.21. The van der Waals surface area contributed by atoms with Crippen molar-refractivity contribution in [3.63, 3.8) is 0 Å². The Morgan fingerprint density at radius 3 is 2.12 bits per heavy atom. The first kappa shape index (κ1) is 22.9. The Labute approximate surface area is 185 Å². The molecule has 2 amide bonds. The van der Waals surface area contributed by atoms with E-state index in [2.05, 4.69) is 0 Å². The van der Waals surface area contributed by atoms with E-state index in [9.17, 15) is 40.7 Å². The van der Waals surface area contributed by atoms with Gasteiger partial charge < -0.3 is 10.5 Å². The smallest absolute Gasteiger partial charge is 0.416 e. The van der Waals surface area contributed by atoms with Crippen LogP contribution < -0.4 is 21.3 Å². The van der Waals surface area contributed by atoms with Crippen molar-refractivity contribution in [1.82, 2.24) is 9.88 Å². The lowest BCUT2D eigenvalue weighted by atomic mass is 10.1. The Bertz CT molecular complexity index is 1440. The number of aromatic nitrogens is 1. The third kappa shape index (κ3) is 3.64. The van der Waals surface area contributed by atoms with Crippen molar-refractivity contribution in [2.24, 2.45) is 0 Å². The number of alkyl halides is 3. The molecule has 7 nitrogen and oxygen atoms in total. The predicted molar refractivity (Wildman–Crippen MR) is 104 cm³/mol. The Hall–Kier alpha value is -4.29. The van der Waals surface area contributed by atoms with E-state index in [-0.39, 0.29) is 23.3 Å². The van der Waals surface area contributed by atoms with Crippen molar-refractivity contribution >= 4 is 17.6 Å². The number of aryl methyl sites for hydroxylation is 1. The van der Waals surface area contributed by atoms with E-state index >= 15 is 0 Å². The number of nitrogens with two attached hydrogens (primary N) is 1. The highest BCUT2D eigenvalue weighted by molar-refractivity contribution is 6.23. The first-order chi connectivity index (χ1) is 15.8. The van der Waals surface area contributed by atoms with Gasteiger partial charge in [0.2, 0.25) is 0 Å². The number of ether oxygens (including phenoxy) is 1. The molecule has 1 aromatic heterocycles. The van der Waals surface area contributed by atoms with E-state index in [0.29, 0.717) is 10.6 Å². The molecule has 0 aliphatic carbocycles. The molecule has 4 rings (SSSR count). The number of rotatable bonds is 3. The van der Waals surface area contributed by atoms with E-state index < -0.39 is 75.1 Å². The number of carbonyl (C=O) groups is 2. The van der Waals surface area contributed by atoms with Crippen LogP contribution in [0.4, 0.5) is 32.2 Å². The van der Waals surface area contributed by atoms with Crippen LogP contribution in [0.5, 0.6) is 11.5 Å². The Morgan fingerprint density at radius 2 is 1.53 bits per heavy atom. The van der Waals surface area contributed by atoms with Crippen LogP contribution in [0.1, 0.15) is 31.8 Å². The molecule has 1 aliphatic heterocycles. The number of hydrogen-bond acceptors (Lipinski definition) is 5. The van der Waals surface area contributed by atoms with Crippen LogP contribution in [0.3, 0.4) is 0 Å². The lowest BCUT2D eigenvalue weighted by molar-refractivity contribution is -0.138. The van der Waals surface area contributed by atoms with Gasteiger partial charge in [0.1, 0.15) is 11.6 Å². The van der Waals surface area contributed by atoms with Gasteiger partial charge in [-0.2, -0.15) is 13.2 Å². The number of nitrogens with zero attached hydrogens (tertiary/aromatic N) is 1. The van der Waals surface area contributed by atoms with Gasteiger partial charge in [-0.05, 0) is 30.7 Å². The van der Waals surface area contributed by atoms with E-state index in [0.717, 1.165) is 12.1 Å². The summed E-state index contributed by atoms with van der Waals surface area (Å²) in [5, 5.41) is 1.93. The van der Waals surface area contributed by atoms with Crippen LogP contribution in [-0.2, 0) is 6.18 Å². The molecule has 34 heavy (non-hydrogen) atoms. The van der Waals surface area contributed by atoms with Crippen molar-refractivity contribution in [2.45, 2.75) is 13.1 Å². The lowest BCUT2D eigenvalue weighted by Gasteiger charge is -2.18. The highest BCUT2D eigenvalue weighted by Gasteiger charge is 2.34. The standard InChI is InChI=1S/C21H11F6N3O4/c1-7-2-14(34-17-11(23)3-8(4-12(17)24)21(25,26)27)13(6-10(7)22)30-15(31)5-9-16(18(30)28)20(33)29-19(9)32/h2-6H,28H2,1H3,(H,29,32,33). The third-order valence-corrected chi connectivity index (χ3v) is 4.97. The molecule has 3 N–H and O–H groups in total. The van der Waals surface area contributed by atoms with Crippen LogP contribution >= 0.6 is 0 Å². The summed E-state index contributed by atoms with van der Waals surface area (Å²) >= 11 is 0. The molecule has 3 aromatic rings. The number of halogens is 6. The molecule has 0 saturated carbocycles. The Kier molecular flexibility index (Phi) is 5.14. The number of amides is 2. The minimum Gasteiger partial charge on any atom is -0.449 e. The SMILES string of the molecule is Cc1cc(Oc2c(F)cc(C(F)(F)F)cc2F)c(-n2c(N)c3c(cc2=O)C(=O)NC3=O)cc1F. The lowest BCUT2D eigenvalue weighted by Crippen LogP contribution is -2.24. The molecule has 1 aliphatic rings. The fourth-order valence-electron chi connectivity index (χ4n) is 3.36. The van der Waals surface area contributed by atoms with E-state index in [4.69, 9.17) is 10.5 Å². The fourth-order valence-corrected chi connectivity index (χ4v) is 3.36. The first-order valence-corrected chi connectivity index (χ1v) is 9.25. The largest absolute Gasteiger partial charge is 0.449 e. The molecule has 2 aromatic carbocycles. The van der Waals surface area contributed by atoms with Crippen molar-refractivity contribution in [1.29, 1.82) is 0 Å². The van der Waals surface area contributed by atoms with Gasteiger partial charge in [0.05, 0.1) is 22.4 Å². The maximum Gasteiger partial charge on any atom is 0.416 e. The number of nitrogens with one attached hydrogen (secondary N) is 1. The zero-order valence-electron chi connectivity index (χ0n) is 16.8. The fraction of sp³-hybridized carbons (Fsp3) is 0.0952. The Morgan fingerprint density at radius 1 is 0.912 bits per heavy atom. The van der Waals surface area contributed by atoms with Gasteiger partial charge in [-0.15, -0.1) is 0 Å². The van der Waals surface area contributed by atoms with Crippen LogP contribution in [-0.4, -0.2) is 16.4 Å². The summed E-state index contributed by atoms with van der Waals surface area (Å²) in [6.07, 6.45) is -5.04. The van der Waals surface area contributed by atoms with Crippen molar-refractivity contribution < 1.29 is 40.7 Å². The summed E-state index contributed by atoms with van der Waals surface area (Å²) in [7, 11) is 0. The molecule has 0 radical (unpaired) electrons. The summed E-state index contributed by atoms with van der Waals surface area (Å²) in [4.78, 5) is 36.6. The quantitative estimate of drug-likeness (QED) is 0.435. The molecule has 2 heterocycles. The second kappa shape index (κ2) is 7.64. The topological polar surface area (TPSA) is 103 Å². The summed E-state index contributed by atoms with van der Waals surface area (Å²) < 4.78 is 87.3. The number of carbonyl (C=O) groups excluding carboxylic acids is 2. The van der Waals surface area contributed by atoms with E-state index in [1.807, 2.05) is 5.32 Å². The molecular weight excluding hydrogens is 472 g/mol. The monoisotopic (exact) mass is 483 g/mol. The Balaban J connectivity index is 1.93. The molecule has 0 bridgehead atoms. The second-order valence-electron chi connectivity index (χ2n) is 7.21. The normalized spacial score (nSPS) is 13.1. The number of nitrogen functional groups attached to an aromatic ring is 1. The van der Waals surface area contributed by atoms with Crippen molar-refractivity contribution in [3.8, 4) is 17.2 Å². The molecule has 0 unspecified atom stereocenters. The first-order valence-electron chi connectivity index (χ1n) is 9.25. The maximum atomic E-state index is 14.4. The minimum atomic E-state index is -5.04. The summed E-state index contributed by atoms with van der Waals surface area (Å²) in [6, 6.07) is 2.38. The number of pyridine rings is 1. The molecule has 13 heteroatoms. The summed E-state index contributed by atoms with van der Waals surface area (Å²) in [5.41, 5.74) is 1.88. The molecule has 0 spiro atoms. The molecule has 0 saturated heterocycles. The van der Waals surface area contributed by atoms with Gasteiger partial charge in [0, 0.05) is 12.1 Å². The van der Waals surface area contributed by atoms with E-state index in [1.165, 1.54) is 6.92 Å². The molecule has 0 atom stereocenters. The highest BCUT2D eigenvalue weighted by atomic mass is 19.4. The van der Waals surface area contributed by atoms with Crippen LogP contribution in [0, 0.1) is 24.4 Å². The number of benzene rings is 2. The zero-order valence-corrected chi connectivity index (χ0v) is 16.8. The maximum absolute atomic E-state index is 14.4. The third-order valence-electron chi connectivity index (χ3n) is 4.97. The highest BCUT2D eigenvalue weighted by Crippen LogP contribution is 2.38. The molecule has 0 fully saturated rings. The number of anilines is 1. The van der Waals surface area contributed by atoms with E-state index in [1.54, 1.807) is 0 Å². The van der Waals surface area contributed by atoms with Gasteiger partial charge in [-0.25, -0.2) is 13.2 Å². The van der Waals surface area contributed by atoms with Gasteiger partial charge >= 0.3 is 6.18 Å². The number of fused-ring (bicyclic) bond motifs is 1. The van der Waals surface area contributed by atoms with Crippen molar-refractivity contribution in [3.05, 3.63) is 80.4 Å². The average molecular weight is 483 g/mol. The van der Waals surface area contributed by atoms with Gasteiger partial charge in [0.15, 0.2) is 23.1 Å². The van der Waals surface area contributed by atoms with Crippen LogP contribution in [0.2, 0.25) is 0 Å². The zero-order chi connectivity index (χ0) is 25.1. The average Bonchev–Trinajstić information content (AvgIpc) is 3.00. The predicted octanol–water partition coefficient (Wildman–Crippen LogP) is 3.84. The van der Waals surface area contributed by atoms with Gasteiger partial charge in [0.25, 0.3) is 17.4 Å². The van der Waals surface area contributed by atoms with Crippen LogP contribution in [0.15, 0.2) is 35.1 Å². The molecule has 176 valence electrons. The number of hydrogen-bond donors (Lipinski definition) is 2. The van der Waals surface area contributed by atoms with Gasteiger partial charge in [-0.3, -0.25) is 24.3 Å². The van der Waals surface area contributed by atoms with Gasteiger partial charge in [-0.1, -0.05) is 0 Å². The molecular formula is C21H11F6N3O4. The van der Waals surface area contributed by atoms with Crippen LogP contribution in [0.25, 0.3) is 5.69 Å². The summed E-state index contributed by atoms with van der Waals surface area (Å²) in [5.74, 6) is -8.64. The summed E-state index contributed by atoms with van der Waals surface area (Å²) in [6.45, 7) is 1.24. The minimum absolute atomic E-state index is 0.000340. The number of imide groups is 1. The van der Waals surface area contributed by atoms with Crippen molar-refractivity contribution in [2.75, 3.05) is 5.73 Å².